The van der Waals surface area contributed by atoms with Gasteiger partial charge in [0.15, 0.2) is 5.11 Å². The lowest BCUT2D eigenvalue weighted by Crippen LogP contribution is -2.52. The van der Waals surface area contributed by atoms with Crippen molar-refractivity contribution in [2.75, 3.05) is 0 Å². The van der Waals surface area contributed by atoms with Crippen molar-refractivity contribution in [2.45, 2.75) is 65.3 Å². The zero-order valence-electron chi connectivity index (χ0n) is 15.0. The molecule has 0 aromatic heterocycles. The Morgan fingerprint density at radius 3 is 2.04 bits per heavy atom. The van der Waals surface area contributed by atoms with E-state index in [4.69, 9.17) is 12.2 Å². The van der Waals surface area contributed by atoms with Crippen molar-refractivity contribution in [1.82, 2.24) is 16.2 Å². The molecule has 1 amide bonds. The molecule has 0 aliphatic heterocycles. The van der Waals surface area contributed by atoms with Crippen molar-refractivity contribution < 1.29 is 4.79 Å². The van der Waals surface area contributed by atoms with Crippen LogP contribution in [0.1, 0.15) is 59.1 Å². The summed E-state index contributed by atoms with van der Waals surface area (Å²) in [6.45, 7) is 12.6. The van der Waals surface area contributed by atoms with E-state index in [1.807, 2.05) is 20.8 Å². The minimum atomic E-state index is -0.135. The van der Waals surface area contributed by atoms with Crippen molar-refractivity contribution in [2.24, 2.45) is 0 Å². The van der Waals surface area contributed by atoms with Gasteiger partial charge in [-0.15, -0.1) is 0 Å². The molecule has 0 radical (unpaired) electrons. The van der Waals surface area contributed by atoms with E-state index in [0.29, 0.717) is 18.0 Å². The molecule has 0 aliphatic rings. The molecule has 1 aromatic rings. The summed E-state index contributed by atoms with van der Waals surface area (Å²) in [6.07, 6.45) is 1.12. The van der Waals surface area contributed by atoms with Gasteiger partial charge in [0.25, 0.3) is 0 Å². The summed E-state index contributed by atoms with van der Waals surface area (Å²) in [6, 6.07) is 8.45. The van der Waals surface area contributed by atoms with Crippen LogP contribution in [0.4, 0.5) is 0 Å². The molecule has 128 valence electrons. The van der Waals surface area contributed by atoms with Crippen molar-refractivity contribution in [3.8, 4) is 0 Å². The Labute approximate surface area is 145 Å². The fourth-order valence-electron chi connectivity index (χ4n) is 1.99. The molecule has 0 saturated carbocycles. The molecule has 0 atom stereocenters. The van der Waals surface area contributed by atoms with Crippen LogP contribution in [0, 0.1) is 0 Å². The van der Waals surface area contributed by atoms with Gasteiger partial charge in [-0.2, -0.15) is 0 Å². The SMILES string of the molecule is CC(C)(C)NC(=S)NNC(=O)CCc1ccc(C(C)(C)C)cc1. The molecule has 0 heterocycles. The number of carbonyl (C=O) groups excluding carboxylic acids is 1. The van der Waals surface area contributed by atoms with E-state index in [9.17, 15) is 4.79 Å². The Morgan fingerprint density at radius 2 is 1.57 bits per heavy atom. The number of carbonyl (C=O) groups is 1. The number of hydrogen-bond donors (Lipinski definition) is 3. The van der Waals surface area contributed by atoms with Gasteiger partial charge in [-0.25, -0.2) is 0 Å². The van der Waals surface area contributed by atoms with Gasteiger partial charge in [-0.3, -0.25) is 15.6 Å². The lowest BCUT2D eigenvalue weighted by molar-refractivity contribution is -0.121. The van der Waals surface area contributed by atoms with E-state index >= 15 is 0 Å². The number of hydrogen-bond acceptors (Lipinski definition) is 2. The summed E-state index contributed by atoms with van der Waals surface area (Å²) >= 11 is 5.11. The Kier molecular flexibility index (Phi) is 6.57. The zero-order chi connectivity index (χ0) is 17.7. The summed E-state index contributed by atoms with van der Waals surface area (Å²) in [7, 11) is 0. The summed E-state index contributed by atoms with van der Waals surface area (Å²) < 4.78 is 0. The Morgan fingerprint density at radius 1 is 1.00 bits per heavy atom. The number of rotatable bonds is 3. The molecule has 1 rings (SSSR count). The molecule has 23 heavy (non-hydrogen) atoms. The molecular weight excluding hydrogens is 306 g/mol. The average molecular weight is 336 g/mol. The number of nitrogens with one attached hydrogen (secondary N) is 3. The zero-order valence-corrected chi connectivity index (χ0v) is 15.9. The third-order valence-electron chi connectivity index (χ3n) is 3.26. The minimum absolute atomic E-state index is 0.0806. The quantitative estimate of drug-likeness (QED) is 0.586. The maximum Gasteiger partial charge on any atom is 0.238 e. The van der Waals surface area contributed by atoms with Crippen molar-refractivity contribution in [3.63, 3.8) is 0 Å². The molecule has 3 N–H and O–H groups in total. The molecule has 0 bridgehead atoms. The van der Waals surface area contributed by atoms with Gasteiger partial charge in [-0.1, -0.05) is 45.0 Å². The lowest BCUT2D eigenvalue weighted by Gasteiger charge is -2.23. The second-order valence-electron chi connectivity index (χ2n) is 7.82. The highest BCUT2D eigenvalue weighted by molar-refractivity contribution is 7.80. The second kappa shape index (κ2) is 7.77. The van der Waals surface area contributed by atoms with Crippen LogP contribution >= 0.6 is 12.2 Å². The third-order valence-corrected chi connectivity index (χ3v) is 3.47. The van der Waals surface area contributed by atoms with E-state index in [1.165, 1.54) is 5.56 Å². The van der Waals surface area contributed by atoms with Crippen LogP contribution in [0.25, 0.3) is 0 Å². The van der Waals surface area contributed by atoms with Crippen LogP contribution < -0.4 is 16.2 Å². The van der Waals surface area contributed by atoms with Crippen LogP contribution in [-0.2, 0) is 16.6 Å². The van der Waals surface area contributed by atoms with E-state index in [1.54, 1.807) is 0 Å². The van der Waals surface area contributed by atoms with Crippen molar-refractivity contribution in [3.05, 3.63) is 35.4 Å². The van der Waals surface area contributed by atoms with Crippen molar-refractivity contribution in [1.29, 1.82) is 0 Å². The molecule has 4 nitrogen and oxygen atoms in total. The highest BCUT2D eigenvalue weighted by atomic mass is 32.1. The number of aryl methyl sites for hydroxylation is 1. The van der Waals surface area contributed by atoms with Crippen LogP contribution in [0.15, 0.2) is 24.3 Å². The number of thiocarbonyl (C=S) groups is 1. The molecule has 0 fully saturated rings. The Balaban J connectivity index is 2.38. The highest BCUT2D eigenvalue weighted by Crippen LogP contribution is 2.22. The third kappa shape index (κ3) is 7.98. The van der Waals surface area contributed by atoms with Gasteiger partial charge >= 0.3 is 0 Å². The van der Waals surface area contributed by atoms with Gasteiger partial charge in [0.1, 0.15) is 0 Å². The van der Waals surface area contributed by atoms with Gasteiger partial charge in [0, 0.05) is 12.0 Å². The molecule has 0 spiro atoms. The fraction of sp³-hybridized carbons (Fsp3) is 0.556. The predicted molar refractivity (Wildman–Crippen MR) is 100 cm³/mol. The number of benzene rings is 1. The van der Waals surface area contributed by atoms with Crippen LogP contribution in [0.3, 0.4) is 0 Å². The first-order valence-electron chi connectivity index (χ1n) is 7.94. The maximum absolute atomic E-state index is 11.9. The largest absolute Gasteiger partial charge is 0.357 e. The molecule has 0 saturated heterocycles. The normalized spacial score (nSPS) is 11.7. The molecule has 1 aromatic carbocycles. The monoisotopic (exact) mass is 335 g/mol. The number of amides is 1. The van der Waals surface area contributed by atoms with Gasteiger partial charge in [0.2, 0.25) is 5.91 Å². The second-order valence-corrected chi connectivity index (χ2v) is 8.23. The Hall–Kier alpha value is -1.62. The van der Waals surface area contributed by atoms with Gasteiger partial charge in [-0.05, 0) is 56.0 Å². The van der Waals surface area contributed by atoms with E-state index < -0.39 is 0 Å². The fourth-order valence-corrected chi connectivity index (χ4v) is 2.35. The Bertz CT molecular complexity index is 539. The van der Waals surface area contributed by atoms with E-state index in [0.717, 1.165) is 5.56 Å². The topological polar surface area (TPSA) is 53.2 Å². The number of hydrazine groups is 1. The lowest BCUT2D eigenvalue weighted by atomic mass is 9.86. The van der Waals surface area contributed by atoms with E-state index in [2.05, 4.69) is 61.2 Å². The molecule has 0 unspecified atom stereocenters. The predicted octanol–water partition coefficient (Wildman–Crippen LogP) is 3.21. The summed E-state index contributed by atoms with van der Waals surface area (Å²) in [5.41, 5.74) is 7.81. The first-order valence-corrected chi connectivity index (χ1v) is 8.34. The first kappa shape index (κ1) is 19.4. The summed E-state index contributed by atoms with van der Waals surface area (Å²) in [5.74, 6) is -0.0806. The first-order chi connectivity index (χ1) is 10.5. The van der Waals surface area contributed by atoms with Crippen molar-refractivity contribution >= 4 is 23.2 Å². The highest BCUT2D eigenvalue weighted by Gasteiger charge is 2.13. The van der Waals surface area contributed by atoms with Crippen LogP contribution in [0.2, 0.25) is 0 Å². The van der Waals surface area contributed by atoms with Gasteiger partial charge in [0.05, 0.1) is 0 Å². The average Bonchev–Trinajstić information content (AvgIpc) is 2.40. The summed E-state index contributed by atoms with van der Waals surface area (Å²) in [5, 5.41) is 3.49. The van der Waals surface area contributed by atoms with Crippen LogP contribution in [0.5, 0.6) is 0 Å². The van der Waals surface area contributed by atoms with Crippen LogP contribution in [-0.4, -0.2) is 16.6 Å². The smallest absolute Gasteiger partial charge is 0.238 e. The standard InChI is InChI=1S/C18H29N3OS/c1-17(2,3)14-10-7-13(8-11-14)9-12-15(22)20-21-16(23)19-18(4,5)6/h7-8,10-11H,9,12H2,1-6H3,(H,20,22)(H2,19,21,23). The molecule has 0 aliphatic carbocycles. The summed E-state index contributed by atoms with van der Waals surface area (Å²) in [4.78, 5) is 11.9. The molecule has 5 heteroatoms. The minimum Gasteiger partial charge on any atom is -0.357 e. The van der Waals surface area contributed by atoms with E-state index in [-0.39, 0.29) is 16.9 Å². The maximum atomic E-state index is 11.9. The molecular formula is C18H29N3OS. The van der Waals surface area contributed by atoms with Gasteiger partial charge < -0.3 is 5.32 Å².